The lowest BCUT2D eigenvalue weighted by atomic mass is 10.0. The molecule has 2 aromatic heterocycles. The van der Waals surface area contributed by atoms with Gasteiger partial charge in [-0.1, -0.05) is 31.1 Å². The van der Waals surface area contributed by atoms with Gasteiger partial charge in [-0.15, -0.1) is 0 Å². The van der Waals surface area contributed by atoms with Crippen LogP contribution < -0.4 is 5.32 Å². The molecule has 7 nitrogen and oxygen atoms in total. The first-order valence-corrected chi connectivity index (χ1v) is 8.24. The van der Waals surface area contributed by atoms with Crippen molar-refractivity contribution in [2.75, 3.05) is 0 Å². The molecule has 0 fully saturated rings. The van der Waals surface area contributed by atoms with Crippen molar-refractivity contribution in [1.82, 2.24) is 15.5 Å². The van der Waals surface area contributed by atoms with Crippen LogP contribution in [-0.2, 0) is 6.54 Å². The summed E-state index contributed by atoms with van der Waals surface area (Å²) < 4.78 is 5.23. The van der Waals surface area contributed by atoms with Crippen LogP contribution in [0.1, 0.15) is 57.4 Å². The summed E-state index contributed by atoms with van der Waals surface area (Å²) >= 11 is 0. The Balaban J connectivity index is 1.85. The van der Waals surface area contributed by atoms with Crippen LogP contribution in [0.3, 0.4) is 0 Å². The van der Waals surface area contributed by atoms with Crippen molar-refractivity contribution in [3.8, 4) is 0 Å². The van der Waals surface area contributed by atoms with Crippen LogP contribution in [0.15, 0.2) is 34.9 Å². The predicted octanol–water partition coefficient (Wildman–Crippen LogP) is 3.28. The van der Waals surface area contributed by atoms with E-state index < -0.39 is 5.97 Å². The number of amides is 1. The van der Waals surface area contributed by atoms with E-state index in [0.717, 1.165) is 11.3 Å². The van der Waals surface area contributed by atoms with Crippen molar-refractivity contribution in [2.24, 2.45) is 0 Å². The molecular weight excluding hydrogens is 334 g/mol. The van der Waals surface area contributed by atoms with E-state index in [1.807, 2.05) is 13.8 Å². The van der Waals surface area contributed by atoms with E-state index in [9.17, 15) is 9.59 Å². The third kappa shape index (κ3) is 3.42. The summed E-state index contributed by atoms with van der Waals surface area (Å²) in [6, 6.07) is 8.14. The summed E-state index contributed by atoms with van der Waals surface area (Å²) in [5, 5.41) is 16.3. The molecule has 26 heavy (non-hydrogen) atoms. The van der Waals surface area contributed by atoms with Gasteiger partial charge in [-0.05, 0) is 36.6 Å². The molecule has 3 rings (SSSR count). The molecule has 0 unspecified atom stereocenters. The number of carboxylic acid groups (broad SMARTS) is 1. The summed E-state index contributed by atoms with van der Waals surface area (Å²) in [5.41, 5.74) is 3.20. The molecule has 3 aromatic rings. The second-order valence-corrected chi connectivity index (χ2v) is 6.38. The van der Waals surface area contributed by atoms with E-state index in [0.29, 0.717) is 22.4 Å². The van der Waals surface area contributed by atoms with Gasteiger partial charge in [0.1, 0.15) is 0 Å². The quantitative estimate of drug-likeness (QED) is 0.729. The number of aromatic nitrogens is 2. The van der Waals surface area contributed by atoms with Gasteiger partial charge in [-0.3, -0.25) is 4.79 Å². The minimum Gasteiger partial charge on any atom is -0.478 e. The van der Waals surface area contributed by atoms with Crippen LogP contribution in [-0.4, -0.2) is 27.1 Å². The summed E-state index contributed by atoms with van der Waals surface area (Å²) in [6.07, 6.45) is 0. The highest BCUT2D eigenvalue weighted by Crippen LogP contribution is 2.25. The van der Waals surface area contributed by atoms with Gasteiger partial charge in [-0.2, -0.15) is 0 Å². The molecule has 2 heterocycles. The zero-order valence-corrected chi connectivity index (χ0v) is 14.7. The largest absolute Gasteiger partial charge is 0.478 e. The lowest BCUT2D eigenvalue weighted by molar-refractivity contribution is 0.0696. The van der Waals surface area contributed by atoms with Gasteiger partial charge in [0.2, 0.25) is 0 Å². The molecule has 1 amide bonds. The number of hydrogen-bond acceptors (Lipinski definition) is 5. The summed E-state index contributed by atoms with van der Waals surface area (Å²) in [5.74, 6) is -1.10. The molecule has 2 N–H and O–H groups in total. The van der Waals surface area contributed by atoms with Crippen LogP contribution in [0.2, 0.25) is 0 Å². The van der Waals surface area contributed by atoms with Crippen molar-refractivity contribution in [1.29, 1.82) is 0 Å². The first-order chi connectivity index (χ1) is 12.4. The maximum atomic E-state index is 12.7. The lowest BCUT2D eigenvalue weighted by Gasteiger charge is -2.10. The fraction of sp³-hybridized carbons (Fsp3) is 0.263. The second-order valence-electron chi connectivity index (χ2n) is 6.38. The maximum Gasteiger partial charge on any atom is 0.335 e. The standard InChI is InChI=1S/C19H19N3O4/c1-10(2)15-8-14(16-11(3)22-26-18(16)21-15)17(23)20-9-12-4-6-13(7-5-12)19(24)25/h4-8,10H,9H2,1-3H3,(H,20,23)(H,24,25). The molecule has 0 saturated heterocycles. The normalized spacial score (nSPS) is 11.1. The second kappa shape index (κ2) is 6.95. The highest BCUT2D eigenvalue weighted by Gasteiger charge is 2.19. The van der Waals surface area contributed by atoms with Crippen molar-refractivity contribution in [3.63, 3.8) is 0 Å². The molecule has 1 aromatic carbocycles. The minimum atomic E-state index is -0.982. The summed E-state index contributed by atoms with van der Waals surface area (Å²) in [4.78, 5) is 28.0. The van der Waals surface area contributed by atoms with Gasteiger partial charge in [0.25, 0.3) is 11.6 Å². The van der Waals surface area contributed by atoms with Gasteiger partial charge in [0.05, 0.1) is 22.2 Å². The highest BCUT2D eigenvalue weighted by molar-refractivity contribution is 6.06. The Morgan fingerprint density at radius 3 is 2.54 bits per heavy atom. The Bertz CT molecular complexity index is 974. The van der Waals surface area contributed by atoms with Crippen LogP contribution in [0, 0.1) is 6.92 Å². The molecule has 0 atom stereocenters. The summed E-state index contributed by atoms with van der Waals surface area (Å²) in [6.45, 7) is 6.03. The zero-order chi connectivity index (χ0) is 18.8. The Labute approximate surface area is 150 Å². The number of aromatic carboxylic acids is 1. The Kier molecular flexibility index (Phi) is 4.71. The zero-order valence-electron chi connectivity index (χ0n) is 14.7. The number of aryl methyl sites for hydroxylation is 1. The Hall–Kier alpha value is -3.22. The molecule has 0 saturated carbocycles. The van der Waals surface area contributed by atoms with E-state index >= 15 is 0 Å². The Morgan fingerprint density at radius 1 is 1.23 bits per heavy atom. The molecule has 0 bridgehead atoms. The van der Waals surface area contributed by atoms with Crippen LogP contribution in [0.4, 0.5) is 0 Å². The maximum absolute atomic E-state index is 12.7. The number of carbonyl (C=O) groups excluding carboxylic acids is 1. The van der Waals surface area contributed by atoms with Crippen molar-refractivity contribution in [2.45, 2.75) is 33.2 Å². The van der Waals surface area contributed by atoms with E-state index in [1.54, 1.807) is 25.1 Å². The lowest BCUT2D eigenvalue weighted by Crippen LogP contribution is -2.23. The van der Waals surface area contributed by atoms with Gasteiger partial charge >= 0.3 is 5.97 Å². The van der Waals surface area contributed by atoms with Gasteiger partial charge in [0, 0.05) is 12.2 Å². The summed E-state index contributed by atoms with van der Waals surface area (Å²) in [7, 11) is 0. The predicted molar refractivity (Wildman–Crippen MR) is 95.2 cm³/mol. The fourth-order valence-corrected chi connectivity index (χ4v) is 2.63. The van der Waals surface area contributed by atoms with E-state index in [4.69, 9.17) is 9.63 Å². The smallest absolute Gasteiger partial charge is 0.335 e. The molecule has 0 aliphatic rings. The third-order valence-electron chi connectivity index (χ3n) is 4.13. The van der Waals surface area contributed by atoms with Crippen molar-refractivity contribution >= 4 is 23.0 Å². The van der Waals surface area contributed by atoms with Gasteiger partial charge in [0.15, 0.2) is 0 Å². The number of carbonyl (C=O) groups is 2. The number of rotatable bonds is 5. The van der Waals surface area contributed by atoms with Gasteiger partial charge < -0.3 is 14.9 Å². The molecule has 0 aliphatic carbocycles. The average molecular weight is 353 g/mol. The number of fused-ring (bicyclic) bond motifs is 1. The third-order valence-corrected chi connectivity index (χ3v) is 4.13. The number of carboxylic acids is 1. The van der Waals surface area contributed by atoms with E-state index in [2.05, 4.69) is 15.5 Å². The number of benzene rings is 1. The number of pyridine rings is 1. The monoisotopic (exact) mass is 353 g/mol. The molecule has 7 heteroatoms. The van der Waals surface area contributed by atoms with Crippen LogP contribution >= 0.6 is 0 Å². The molecule has 0 radical (unpaired) electrons. The molecule has 0 spiro atoms. The first-order valence-electron chi connectivity index (χ1n) is 8.24. The molecular formula is C19H19N3O4. The van der Waals surface area contributed by atoms with Crippen molar-refractivity contribution < 1.29 is 19.2 Å². The van der Waals surface area contributed by atoms with Crippen LogP contribution in [0.25, 0.3) is 11.1 Å². The highest BCUT2D eigenvalue weighted by atomic mass is 16.5. The topological polar surface area (TPSA) is 105 Å². The molecule has 0 aliphatic heterocycles. The molecule has 134 valence electrons. The number of hydrogen-bond donors (Lipinski definition) is 2. The number of nitrogens with one attached hydrogen (secondary N) is 1. The van der Waals surface area contributed by atoms with E-state index in [1.165, 1.54) is 12.1 Å². The van der Waals surface area contributed by atoms with E-state index in [-0.39, 0.29) is 23.9 Å². The van der Waals surface area contributed by atoms with Crippen LogP contribution in [0.5, 0.6) is 0 Å². The average Bonchev–Trinajstić information content (AvgIpc) is 3.00. The Morgan fingerprint density at radius 2 is 1.92 bits per heavy atom. The fourth-order valence-electron chi connectivity index (χ4n) is 2.63. The SMILES string of the molecule is Cc1noc2nc(C(C)C)cc(C(=O)NCc3ccc(C(=O)O)cc3)c12. The minimum absolute atomic E-state index is 0.139. The number of nitrogens with zero attached hydrogens (tertiary/aromatic N) is 2. The van der Waals surface area contributed by atoms with Gasteiger partial charge in [-0.25, -0.2) is 9.78 Å². The first kappa shape index (κ1) is 17.6. The van der Waals surface area contributed by atoms with Crippen molar-refractivity contribution in [3.05, 3.63) is 58.4 Å².